The second kappa shape index (κ2) is 8.16. The molecule has 1 aromatic carbocycles. The number of benzene rings is 1. The van der Waals surface area contributed by atoms with Crippen molar-refractivity contribution in [2.24, 2.45) is 0 Å². The van der Waals surface area contributed by atoms with E-state index in [0.717, 1.165) is 0 Å². The Balaban J connectivity index is 1.96. The van der Waals surface area contributed by atoms with Crippen LogP contribution in [0.3, 0.4) is 0 Å². The number of carbonyl (C=O) groups is 2. The average molecular weight is 333 g/mol. The molecule has 0 aliphatic rings. The lowest BCUT2D eigenvalue weighted by atomic mass is 10.2. The third-order valence-corrected chi connectivity index (χ3v) is 3.27. The van der Waals surface area contributed by atoms with Crippen molar-refractivity contribution in [1.29, 1.82) is 0 Å². The van der Waals surface area contributed by atoms with Crippen LogP contribution in [-0.4, -0.2) is 37.3 Å². The van der Waals surface area contributed by atoms with Crippen molar-refractivity contribution in [2.75, 3.05) is 20.3 Å². The Hall–Kier alpha value is -2.80. The fourth-order valence-corrected chi connectivity index (χ4v) is 2.08. The fraction of sp³-hybridized carbons (Fsp3) is 0.294. The minimum absolute atomic E-state index is 0.0905. The molecule has 0 fully saturated rings. The first-order chi connectivity index (χ1) is 11.5. The number of ether oxygens (including phenoxy) is 2. The van der Waals surface area contributed by atoms with Crippen molar-refractivity contribution in [3.8, 4) is 5.75 Å². The molecule has 7 heteroatoms. The maximum Gasteiger partial charge on any atom is 0.339 e. The van der Waals surface area contributed by atoms with Crippen LogP contribution >= 0.6 is 0 Å². The molecule has 0 radical (unpaired) electrons. The number of hydrogen-bond donors (Lipinski definition) is 2. The van der Waals surface area contributed by atoms with Crippen LogP contribution in [0.25, 0.3) is 0 Å². The number of carbonyl (C=O) groups excluding carboxylic acids is 1. The summed E-state index contributed by atoms with van der Waals surface area (Å²) in [6.45, 7) is 2.52. The largest absolute Gasteiger partial charge is 0.491 e. The molecule has 0 spiro atoms. The standard InChI is InChI=1S/C17H19NO6/c1-11-15(17(20)21)9-14(24-11)10-18-16(19)12-4-3-5-13(8-12)23-7-6-22-2/h3-5,8-9H,6-7,10H2,1-2H3,(H,18,19)(H,20,21). The molecule has 24 heavy (non-hydrogen) atoms. The summed E-state index contributed by atoms with van der Waals surface area (Å²) in [7, 11) is 1.58. The summed E-state index contributed by atoms with van der Waals surface area (Å²) in [5, 5.41) is 11.7. The minimum Gasteiger partial charge on any atom is -0.491 e. The van der Waals surface area contributed by atoms with Gasteiger partial charge >= 0.3 is 5.97 Å². The highest BCUT2D eigenvalue weighted by Crippen LogP contribution is 2.16. The van der Waals surface area contributed by atoms with E-state index in [-0.39, 0.29) is 18.0 Å². The number of aryl methyl sites for hydroxylation is 1. The van der Waals surface area contributed by atoms with Crippen molar-refractivity contribution in [3.63, 3.8) is 0 Å². The SMILES string of the molecule is COCCOc1cccc(C(=O)NCc2cc(C(=O)O)c(C)o2)c1. The van der Waals surface area contributed by atoms with Crippen LogP contribution in [-0.2, 0) is 11.3 Å². The molecule has 2 rings (SSSR count). The summed E-state index contributed by atoms with van der Waals surface area (Å²) in [6.07, 6.45) is 0. The van der Waals surface area contributed by atoms with E-state index in [1.165, 1.54) is 6.07 Å². The van der Waals surface area contributed by atoms with E-state index >= 15 is 0 Å². The minimum atomic E-state index is -1.06. The maximum atomic E-state index is 12.2. The number of aromatic carboxylic acids is 1. The molecular formula is C17H19NO6. The zero-order valence-electron chi connectivity index (χ0n) is 13.5. The molecule has 0 unspecified atom stereocenters. The number of hydrogen-bond acceptors (Lipinski definition) is 5. The number of amides is 1. The number of carboxylic acids is 1. The first kappa shape index (κ1) is 17.6. The van der Waals surface area contributed by atoms with E-state index in [1.54, 1.807) is 38.3 Å². The van der Waals surface area contributed by atoms with Gasteiger partial charge in [-0.3, -0.25) is 4.79 Å². The molecule has 7 nitrogen and oxygen atoms in total. The smallest absolute Gasteiger partial charge is 0.339 e. The maximum absolute atomic E-state index is 12.2. The predicted molar refractivity (Wildman–Crippen MR) is 85.4 cm³/mol. The summed E-state index contributed by atoms with van der Waals surface area (Å²) >= 11 is 0. The van der Waals surface area contributed by atoms with Gasteiger partial charge in [-0.25, -0.2) is 4.79 Å². The normalized spacial score (nSPS) is 10.4. The Kier molecular flexibility index (Phi) is 5.97. The van der Waals surface area contributed by atoms with Crippen molar-refractivity contribution >= 4 is 11.9 Å². The van der Waals surface area contributed by atoms with E-state index in [9.17, 15) is 9.59 Å². The molecule has 0 atom stereocenters. The van der Waals surface area contributed by atoms with Crippen LogP contribution in [0.1, 0.15) is 32.2 Å². The van der Waals surface area contributed by atoms with E-state index in [1.807, 2.05) is 0 Å². The molecule has 0 aliphatic carbocycles. The molecule has 128 valence electrons. The number of rotatable bonds is 8. The van der Waals surface area contributed by atoms with Gasteiger partial charge in [-0.2, -0.15) is 0 Å². The number of furan rings is 1. The molecule has 1 aromatic heterocycles. The Bertz CT molecular complexity index is 722. The van der Waals surface area contributed by atoms with Crippen LogP contribution in [0.4, 0.5) is 0 Å². The van der Waals surface area contributed by atoms with Crippen LogP contribution in [0.2, 0.25) is 0 Å². The Morgan fingerprint density at radius 1 is 1.25 bits per heavy atom. The van der Waals surface area contributed by atoms with Gasteiger partial charge < -0.3 is 24.3 Å². The highest BCUT2D eigenvalue weighted by atomic mass is 16.5. The molecule has 0 bridgehead atoms. The van der Waals surface area contributed by atoms with Gasteiger partial charge in [-0.1, -0.05) is 6.07 Å². The first-order valence-corrected chi connectivity index (χ1v) is 7.34. The van der Waals surface area contributed by atoms with Crippen molar-refractivity contribution in [3.05, 3.63) is 53.0 Å². The zero-order valence-corrected chi connectivity index (χ0v) is 13.5. The summed E-state index contributed by atoms with van der Waals surface area (Å²) in [5.74, 6) is -0.111. The second-order valence-corrected chi connectivity index (χ2v) is 5.04. The van der Waals surface area contributed by atoms with Gasteiger partial charge in [-0.15, -0.1) is 0 Å². The summed E-state index contributed by atoms with van der Waals surface area (Å²) in [6, 6.07) is 8.16. The summed E-state index contributed by atoms with van der Waals surface area (Å²) in [5.41, 5.74) is 0.527. The Morgan fingerprint density at radius 2 is 2.04 bits per heavy atom. The second-order valence-electron chi connectivity index (χ2n) is 5.04. The highest BCUT2D eigenvalue weighted by Gasteiger charge is 2.14. The molecule has 1 amide bonds. The van der Waals surface area contributed by atoms with Crippen LogP contribution < -0.4 is 10.1 Å². The quantitative estimate of drug-likeness (QED) is 0.719. The van der Waals surface area contributed by atoms with Gasteiger partial charge in [0.1, 0.15) is 29.4 Å². The van der Waals surface area contributed by atoms with Gasteiger partial charge in [-0.05, 0) is 31.2 Å². The van der Waals surface area contributed by atoms with Crippen molar-refractivity contribution in [2.45, 2.75) is 13.5 Å². The van der Waals surface area contributed by atoms with Crippen molar-refractivity contribution in [1.82, 2.24) is 5.32 Å². The molecular weight excluding hydrogens is 314 g/mol. The van der Waals surface area contributed by atoms with Crippen LogP contribution in [0.15, 0.2) is 34.7 Å². The monoisotopic (exact) mass is 333 g/mol. The van der Waals surface area contributed by atoms with Gasteiger partial charge in [0, 0.05) is 12.7 Å². The molecule has 0 saturated heterocycles. The van der Waals surface area contributed by atoms with E-state index < -0.39 is 5.97 Å². The molecule has 0 saturated carbocycles. The number of nitrogens with one attached hydrogen (secondary N) is 1. The molecule has 0 aliphatic heterocycles. The predicted octanol–water partition coefficient (Wildman–Crippen LogP) is 2.24. The Labute approximate surface area is 139 Å². The first-order valence-electron chi connectivity index (χ1n) is 7.34. The van der Waals surface area contributed by atoms with Crippen LogP contribution in [0.5, 0.6) is 5.75 Å². The van der Waals surface area contributed by atoms with E-state index in [4.69, 9.17) is 19.0 Å². The highest BCUT2D eigenvalue weighted by molar-refractivity contribution is 5.94. The third kappa shape index (κ3) is 4.60. The molecule has 1 heterocycles. The lowest BCUT2D eigenvalue weighted by Crippen LogP contribution is -2.22. The van der Waals surface area contributed by atoms with Gasteiger partial charge in [0.2, 0.25) is 0 Å². The number of carboxylic acid groups (broad SMARTS) is 1. The molecule has 2 aromatic rings. The van der Waals surface area contributed by atoms with Crippen molar-refractivity contribution < 1.29 is 28.6 Å². The molecule has 2 N–H and O–H groups in total. The zero-order chi connectivity index (χ0) is 17.5. The van der Waals surface area contributed by atoms with E-state index in [0.29, 0.717) is 36.0 Å². The summed E-state index contributed by atoms with van der Waals surface area (Å²) < 4.78 is 15.7. The Morgan fingerprint density at radius 3 is 2.71 bits per heavy atom. The summed E-state index contributed by atoms with van der Waals surface area (Å²) in [4.78, 5) is 23.1. The van der Waals surface area contributed by atoms with Crippen LogP contribution in [0, 0.1) is 6.92 Å². The third-order valence-electron chi connectivity index (χ3n) is 3.27. The lowest BCUT2D eigenvalue weighted by Gasteiger charge is -2.08. The topological polar surface area (TPSA) is 98.0 Å². The van der Waals surface area contributed by atoms with Gasteiger partial charge in [0.15, 0.2) is 0 Å². The number of methoxy groups -OCH3 is 1. The fourth-order valence-electron chi connectivity index (χ4n) is 2.08. The van der Waals surface area contributed by atoms with Gasteiger partial charge in [0.05, 0.1) is 13.2 Å². The van der Waals surface area contributed by atoms with Gasteiger partial charge in [0.25, 0.3) is 5.91 Å². The lowest BCUT2D eigenvalue weighted by molar-refractivity contribution is 0.0694. The average Bonchev–Trinajstić information content (AvgIpc) is 2.94. The van der Waals surface area contributed by atoms with E-state index in [2.05, 4.69) is 5.32 Å².